The van der Waals surface area contributed by atoms with E-state index in [2.05, 4.69) is 15.0 Å². The first kappa shape index (κ1) is 9.08. The molecule has 2 heterocycles. The van der Waals surface area contributed by atoms with Gasteiger partial charge < -0.3 is 9.67 Å². The molecule has 0 radical (unpaired) electrons. The number of fused-ring (bicyclic) bond motifs is 1. The summed E-state index contributed by atoms with van der Waals surface area (Å²) < 4.78 is 1.93. The highest BCUT2D eigenvalue weighted by atomic mass is 16.3. The normalized spacial score (nSPS) is 11.0. The third-order valence-electron chi connectivity index (χ3n) is 2.04. The summed E-state index contributed by atoms with van der Waals surface area (Å²) >= 11 is 0. The van der Waals surface area contributed by atoms with E-state index >= 15 is 0 Å². The van der Waals surface area contributed by atoms with Gasteiger partial charge in [-0.2, -0.15) is 0 Å². The highest BCUT2D eigenvalue weighted by molar-refractivity contribution is 5.69. The maximum Gasteiger partial charge on any atom is 0.163 e. The standard InChI is InChI=1S/C9H12N4O/c1-7-10-5-8-9(12-7)13(6-11-8)3-2-4-14/h5-6,14H,2-4H2,1H3. The van der Waals surface area contributed by atoms with Gasteiger partial charge in [0.15, 0.2) is 5.65 Å². The average Bonchev–Trinajstić information content (AvgIpc) is 2.57. The van der Waals surface area contributed by atoms with Crippen LogP contribution < -0.4 is 0 Å². The largest absolute Gasteiger partial charge is 0.396 e. The van der Waals surface area contributed by atoms with Crippen molar-refractivity contribution in [3.63, 3.8) is 0 Å². The number of rotatable bonds is 3. The van der Waals surface area contributed by atoms with Gasteiger partial charge in [-0.15, -0.1) is 0 Å². The van der Waals surface area contributed by atoms with Crippen molar-refractivity contribution in [3.05, 3.63) is 18.3 Å². The molecule has 0 aliphatic carbocycles. The molecule has 0 saturated carbocycles. The molecule has 0 unspecified atom stereocenters. The minimum atomic E-state index is 0.184. The van der Waals surface area contributed by atoms with Gasteiger partial charge >= 0.3 is 0 Å². The Balaban J connectivity index is 2.40. The van der Waals surface area contributed by atoms with Crippen molar-refractivity contribution in [2.45, 2.75) is 19.9 Å². The Hall–Kier alpha value is -1.49. The SMILES string of the molecule is Cc1ncc2ncn(CCCO)c2n1. The zero-order valence-electron chi connectivity index (χ0n) is 8.01. The van der Waals surface area contributed by atoms with E-state index in [1.807, 2.05) is 11.5 Å². The lowest BCUT2D eigenvalue weighted by Crippen LogP contribution is -2.00. The van der Waals surface area contributed by atoms with Gasteiger partial charge in [0.05, 0.1) is 12.5 Å². The maximum atomic E-state index is 8.73. The third-order valence-corrected chi connectivity index (χ3v) is 2.04. The molecule has 5 heteroatoms. The number of imidazole rings is 1. The van der Waals surface area contributed by atoms with Gasteiger partial charge in [-0.1, -0.05) is 0 Å². The predicted octanol–water partition coefficient (Wildman–Crippen LogP) is 0.517. The van der Waals surface area contributed by atoms with Crippen molar-refractivity contribution in [2.24, 2.45) is 0 Å². The molecule has 0 atom stereocenters. The number of hydrogen-bond acceptors (Lipinski definition) is 4. The van der Waals surface area contributed by atoms with Crippen LogP contribution in [0.1, 0.15) is 12.2 Å². The van der Waals surface area contributed by atoms with Crippen LogP contribution in [-0.2, 0) is 6.54 Å². The number of aromatic nitrogens is 4. The fourth-order valence-electron chi connectivity index (χ4n) is 1.35. The first-order valence-corrected chi connectivity index (χ1v) is 4.56. The number of aryl methyl sites for hydroxylation is 2. The van der Waals surface area contributed by atoms with Gasteiger partial charge in [0.25, 0.3) is 0 Å². The van der Waals surface area contributed by atoms with Crippen LogP contribution in [0.15, 0.2) is 12.5 Å². The third kappa shape index (κ3) is 1.58. The van der Waals surface area contributed by atoms with Gasteiger partial charge in [-0.3, -0.25) is 0 Å². The van der Waals surface area contributed by atoms with Gasteiger partial charge in [0.1, 0.15) is 11.3 Å². The monoisotopic (exact) mass is 192 g/mol. The Morgan fingerprint density at radius 3 is 3.07 bits per heavy atom. The van der Waals surface area contributed by atoms with Crippen molar-refractivity contribution < 1.29 is 5.11 Å². The fourth-order valence-corrected chi connectivity index (χ4v) is 1.35. The zero-order chi connectivity index (χ0) is 9.97. The molecule has 0 aliphatic heterocycles. The molecule has 74 valence electrons. The molecule has 2 rings (SSSR count). The van der Waals surface area contributed by atoms with Crippen LogP contribution in [0.2, 0.25) is 0 Å². The summed E-state index contributed by atoms with van der Waals surface area (Å²) in [4.78, 5) is 12.5. The van der Waals surface area contributed by atoms with E-state index < -0.39 is 0 Å². The molecule has 0 aromatic carbocycles. The minimum Gasteiger partial charge on any atom is -0.396 e. The van der Waals surface area contributed by atoms with E-state index in [9.17, 15) is 0 Å². The lowest BCUT2D eigenvalue weighted by molar-refractivity contribution is 0.280. The summed E-state index contributed by atoms with van der Waals surface area (Å²) in [6.07, 6.45) is 4.16. The molecule has 2 aromatic heterocycles. The number of aliphatic hydroxyl groups is 1. The van der Waals surface area contributed by atoms with Crippen LogP contribution in [0, 0.1) is 6.92 Å². The Bertz CT molecular complexity index is 437. The lowest BCUT2D eigenvalue weighted by Gasteiger charge is -2.01. The summed E-state index contributed by atoms with van der Waals surface area (Å²) in [6.45, 7) is 2.77. The van der Waals surface area contributed by atoms with Gasteiger partial charge in [-0.25, -0.2) is 15.0 Å². The van der Waals surface area contributed by atoms with E-state index in [0.29, 0.717) is 6.42 Å². The zero-order valence-corrected chi connectivity index (χ0v) is 8.01. The van der Waals surface area contributed by atoms with Crippen molar-refractivity contribution in [3.8, 4) is 0 Å². The molecule has 0 bridgehead atoms. The topological polar surface area (TPSA) is 63.8 Å². The van der Waals surface area contributed by atoms with Crippen LogP contribution in [-0.4, -0.2) is 31.2 Å². The number of nitrogens with zero attached hydrogens (tertiary/aromatic N) is 4. The van der Waals surface area contributed by atoms with Crippen molar-refractivity contribution >= 4 is 11.2 Å². The van der Waals surface area contributed by atoms with E-state index in [1.54, 1.807) is 12.5 Å². The second-order valence-electron chi connectivity index (χ2n) is 3.14. The summed E-state index contributed by atoms with van der Waals surface area (Å²) in [5, 5.41) is 8.73. The quantitative estimate of drug-likeness (QED) is 0.769. The van der Waals surface area contributed by atoms with Crippen LogP contribution in [0.5, 0.6) is 0 Å². The summed E-state index contributed by atoms with van der Waals surface area (Å²) in [7, 11) is 0. The van der Waals surface area contributed by atoms with Gasteiger partial charge in [0.2, 0.25) is 0 Å². The van der Waals surface area contributed by atoms with Crippen LogP contribution in [0.4, 0.5) is 0 Å². The molecular formula is C9H12N4O. The van der Waals surface area contributed by atoms with E-state index in [-0.39, 0.29) is 6.61 Å². The average molecular weight is 192 g/mol. The Morgan fingerprint density at radius 1 is 1.43 bits per heavy atom. The Kier molecular flexibility index (Phi) is 2.41. The molecule has 14 heavy (non-hydrogen) atoms. The highest BCUT2D eigenvalue weighted by Gasteiger charge is 2.03. The maximum absolute atomic E-state index is 8.73. The second-order valence-corrected chi connectivity index (χ2v) is 3.14. The van der Waals surface area contributed by atoms with Crippen LogP contribution >= 0.6 is 0 Å². The van der Waals surface area contributed by atoms with Crippen molar-refractivity contribution in [2.75, 3.05) is 6.61 Å². The lowest BCUT2D eigenvalue weighted by atomic mass is 10.4. The Morgan fingerprint density at radius 2 is 2.29 bits per heavy atom. The number of aliphatic hydroxyl groups excluding tert-OH is 1. The summed E-state index contributed by atoms with van der Waals surface area (Å²) in [6, 6.07) is 0. The Labute approximate surface area is 81.4 Å². The highest BCUT2D eigenvalue weighted by Crippen LogP contribution is 2.08. The molecule has 2 aromatic rings. The summed E-state index contributed by atoms with van der Waals surface area (Å²) in [5.74, 6) is 0.739. The molecule has 0 amide bonds. The second kappa shape index (κ2) is 3.71. The molecule has 5 nitrogen and oxygen atoms in total. The molecular weight excluding hydrogens is 180 g/mol. The smallest absolute Gasteiger partial charge is 0.163 e. The van der Waals surface area contributed by atoms with E-state index in [4.69, 9.17) is 5.11 Å². The molecule has 0 saturated heterocycles. The van der Waals surface area contributed by atoms with E-state index in [1.165, 1.54) is 0 Å². The minimum absolute atomic E-state index is 0.184. The van der Waals surface area contributed by atoms with Crippen LogP contribution in [0.25, 0.3) is 11.2 Å². The molecule has 0 spiro atoms. The first-order chi connectivity index (χ1) is 6.81. The number of hydrogen-bond donors (Lipinski definition) is 1. The summed E-state index contributed by atoms with van der Waals surface area (Å²) in [5.41, 5.74) is 1.64. The van der Waals surface area contributed by atoms with Crippen molar-refractivity contribution in [1.29, 1.82) is 0 Å². The van der Waals surface area contributed by atoms with Gasteiger partial charge in [0, 0.05) is 13.2 Å². The molecule has 0 fully saturated rings. The fraction of sp³-hybridized carbons (Fsp3) is 0.444. The van der Waals surface area contributed by atoms with E-state index in [0.717, 1.165) is 23.5 Å². The molecule has 0 aliphatic rings. The van der Waals surface area contributed by atoms with Crippen LogP contribution in [0.3, 0.4) is 0 Å². The van der Waals surface area contributed by atoms with Crippen molar-refractivity contribution in [1.82, 2.24) is 19.5 Å². The first-order valence-electron chi connectivity index (χ1n) is 4.56. The predicted molar refractivity (Wildman–Crippen MR) is 51.8 cm³/mol. The van der Waals surface area contributed by atoms with Gasteiger partial charge in [-0.05, 0) is 13.3 Å². The molecule has 1 N–H and O–H groups in total.